The maximum Gasteiger partial charge on any atom is 0.122 e. The van der Waals surface area contributed by atoms with E-state index in [4.69, 9.17) is 9.47 Å². The van der Waals surface area contributed by atoms with Crippen molar-refractivity contribution in [3.05, 3.63) is 42.0 Å². The summed E-state index contributed by atoms with van der Waals surface area (Å²) in [5.41, 5.74) is 2.53. The lowest BCUT2D eigenvalue weighted by Gasteiger charge is -2.25. The van der Waals surface area contributed by atoms with Gasteiger partial charge in [-0.2, -0.15) is 0 Å². The number of nitrogens with zero attached hydrogens (tertiary/aromatic N) is 2. The van der Waals surface area contributed by atoms with Crippen molar-refractivity contribution >= 4 is 0 Å². The monoisotopic (exact) mass is 318 g/mol. The van der Waals surface area contributed by atoms with Gasteiger partial charge in [-0.3, -0.25) is 4.90 Å². The zero-order valence-corrected chi connectivity index (χ0v) is 14.8. The minimum absolute atomic E-state index is 0.568. The van der Waals surface area contributed by atoms with Gasteiger partial charge in [-0.05, 0) is 37.7 Å². The number of hydrogen-bond acceptors (Lipinski definition) is 4. The fourth-order valence-electron chi connectivity index (χ4n) is 3.23. The summed E-state index contributed by atoms with van der Waals surface area (Å²) in [6.07, 6.45) is 2.76. The number of hydrogen-bond donors (Lipinski definition) is 0. The van der Waals surface area contributed by atoms with Crippen molar-refractivity contribution in [1.29, 1.82) is 0 Å². The van der Waals surface area contributed by atoms with Gasteiger partial charge < -0.3 is 14.4 Å². The quantitative estimate of drug-likeness (QED) is 0.721. The minimum Gasteiger partial charge on any atom is -0.496 e. The van der Waals surface area contributed by atoms with Crippen molar-refractivity contribution in [2.75, 3.05) is 54.1 Å². The van der Waals surface area contributed by atoms with E-state index in [1.807, 2.05) is 6.08 Å². The predicted molar refractivity (Wildman–Crippen MR) is 95.0 cm³/mol. The molecule has 0 unspecified atom stereocenters. The third-order valence-electron chi connectivity index (χ3n) is 4.16. The summed E-state index contributed by atoms with van der Waals surface area (Å²) in [5.74, 6) is 1.51. The largest absolute Gasteiger partial charge is 0.496 e. The van der Waals surface area contributed by atoms with Crippen molar-refractivity contribution < 1.29 is 9.47 Å². The van der Waals surface area contributed by atoms with Crippen LogP contribution in [0.4, 0.5) is 0 Å². The van der Waals surface area contributed by atoms with Gasteiger partial charge in [0.15, 0.2) is 0 Å². The second kappa shape index (κ2) is 9.06. The molecule has 0 radical (unpaired) electrons. The van der Waals surface area contributed by atoms with Crippen LogP contribution < -0.4 is 4.74 Å². The Morgan fingerprint density at radius 2 is 2.26 bits per heavy atom. The van der Waals surface area contributed by atoms with Crippen molar-refractivity contribution in [3.63, 3.8) is 0 Å². The highest BCUT2D eigenvalue weighted by Gasteiger charge is 2.19. The Hall–Kier alpha value is -1.36. The Morgan fingerprint density at radius 3 is 2.96 bits per heavy atom. The summed E-state index contributed by atoms with van der Waals surface area (Å²) >= 11 is 0. The number of ether oxygens (including phenoxy) is 2. The van der Waals surface area contributed by atoms with Crippen molar-refractivity contribution in [1.82, 2.24) is 9.80 Å². The summed E-state index contributed by atoms with van der Waals surface area (Å²) in [4.78, 5) is 4.74. The Labute approximate surface area is 140 Å². The van der Waals surface area contributed by atoms with E-state index < -0.39 is 0 Å². The molecule has 1 aliphatic rings. The normalized spacial score (nSPS) is 19.6. The van der Waals surface area contributed by atoms with Crippen LogP contribution in [-0.4, -0.2) is 63.9 Å². The molecule has 4 nitrogen and oxygen atoms in total. The van der Waals surface area contributed by atoms with Gasteiger partial charge in [0, 0.05) is 32.1 Å². The molecule has 0 bridgehead atoms. The smallest absolute Gasteiger partial charge is 0.122 e. The third-order valence-corrected chi connectivity index (χ3v) is 4.16. The first-order valence-electron chi connectivity index (χ1n) is 8.34. The summed E-state index contributed by atoms with van der Waals surface area (Å²) in [6.45, 7) is 9.63. The first-order valence-corrected chi connectivity index (χ1v) is 8.34. The van der Waals surface area contributed by atoms with Crippen LogP contribution >= 0.6 is 0 Å². The molecule has 2 rings (SSSR count). The molecule has 1 aromatic rings. The van der Waals surface area contributed by atoms with Crippen LogP contribution in [0, 0.1) is 5.92 Å². The zero-order valence-electron chi connectivity index (χ0n) is 14.8. The van der Waals surface area contributed by atoms with Gasteiger partial charge in [-0.15, -0.1) is 6.58 Å². The Balaban J connectivity index is 2.04. The van der Waals surface area contributed by atoms with E-state index in [9.17, 15) is 0 Å². The van der Waals surface area contributed by atoms with Crippen LogP contribution in [0.5, 0.6) is 5.75 Å². The van der Waals surface area contributed by atoms with Crippen molar-refractivity contribution in [2.24, 2.45) is 5.92 Å². The van der Waals surface area contributed by atoms with Gasteiger partial charge in [-0.25, -0.2) is 0 Å². The van der Waals surface area contributed by atoms with Gasteiger partial charge in [0.2, 0.25) is 0 Å². The second-order valence-electron chi connectivity index (χ2n) is 6.58. The lowest BCUT2D eigenvalue weighted by atomic mass is 10.1. The molecule has 1 atom stereocenters. The molecule has 0 amide bonds. The standard InChI is InChI=1S/C19H30N2O2/c1-5-6-18-11-16(7-8-19(18)22-4)13-21-9-10-23-15-17(14-21)12-20(2)3/h5,7-8,11,17H,1,6,9-10,12-15H2,2-4H3/t17-/m1/s1. The molecule has 0 aliphatic carbocycles. The molecule has 0 aromatic heterocycles. The van der Waals surface area contributed by atoms with Crippen LogP contribution in [0.25, 0.3) is 0 Å². The first kappa shape index (κ1) is 18.0. The predicted octanol–water partition coefficient (Wildman–Crippen LogP) is 2.43. The SMILES string of the molecule is C=CCc1cc(CN2CCOC[C@H](CN(C)C)C2)ccc1OC. The molecule has 0 saturated carbocycles. The topological polar surface area (TPSA) is 24.9 Å². The van der Waals surface area contributed by atoms with E-state index in [2.05, 4.69) is 48.7 Å². The summed E-state index contributed by atoms with van der Waals surface area (Å²) in [5, 5.41) is 0. The third kappa shape index (κ3) is 5.65. The zero-order chi connectivity index (χ0) is 16.7. The summed E-state index contributed by atoms with van der Waals surface area (Å²) in [6, 6.07) is 6.48. The molecular weight excluding hydrogens is 288 g/mol. The fraction of sp³-hybridized carbons (Fsp3) is 0.579. The highest BCUT2D eigenvalue weighted by atomic mass is 16.5. The van der Waals surface area contributed by atoms with E-state index in [0.717, 1.165) is 51.6 Å². The molecule has 1 aliphatic heterocycles. The lowest BCUT2D eigenvalue weighted by molar-refractivity contribution is 0.112. The molecule has 128 valence electrons. The Bertz CT molecular complexity index is 502. The van der Waals surface area contributed by atoms with E-state index >= 15 is 0 Å². The van der Waals surface area contributed by atoms with Crippen LogP contribution in [0.1, 0.15) is 11.1 Å². The summed E-state index contributed by atoms with van der Waals surface area (Å²) in [7, 11) is 5.97. The molecule has 1 fully saturated rings. The maximum absolute atomic E-state index is 5.77. The number of allylic oxidation sites excluding steroid dienone is 1. The highest BCUT2D eigenvalue weighted by Crippen LogP contribution is 2.22. The van der Waals surface area contributed by atoms with E-state index in [1.54, 1.807) is 7.11 Å². The molecule has 1 aromatic carbocycles. The maximum atomic E-state index is 5.77. The number of methoxy groups -OCH3 is 1. The first-order chi connectivity index (χ1) is 11.1. The number of rotatable bonds is 7. The van der Waals surface area contributed by atoms with Crippen LogP contribution in [0.3, 0.4) is 0 Å². The molecule has 23 heavy (non-hydrogen) atoms. The van der Waals surface area contributed by atoms with Crippen molar-refractivity contribution in [3.8, 4) is 5.75 Å². The molecule has 0 spiro atoms. The van der Waals surface area contributed by atoms with Gasteiger partial charge >= 0.3 is 0 Å². The van der Waals surface area contributed by atoms with Gasteiger partial charge in [0.25, 0.3) is 0 Å². The van der Waals surface area contributed by atoms with Gasteiger partial charge in [-0.1, -0.05) is 18.2 Å². The van der Waals surface area contributed by atoms with E-state index in [-0.39, 0.29) is 0 Å². The van der Waals surface area contributed by atoms with Gasteiger partial charge in [0.1, 0.15) is 5.75 Å². The Kier molecular flexibility index (Phi) is 7.09. The minimum atomic E-state index is 0.568. The molecule has 4 heteroatoms. The van der Waals surface area contributed by atoms with E-state index in [1.165, 1.54) is 11.1 Å². The fourth-order valence-corrected chi connectivity index (χ4v) is 3.23. The molecule has 0 N–H and O–H groups in total. The highest BCUT2D eigenvalue weighted by molar-refractivity contribution is 5.38. The Morgan fingerprint density at radius 1 is 1.43 bits per heavy atom. The van der Waals surface area contributed by atoms with Crippen molar-refractivity contribution in [2.45, 2.75) is 13.0 Å². The number of benzene rings is 1. The molecule has 1 saturated heterocycles. The van der Waals surface area contributed by atoms with Crippen LogP contribution in [0.15, 0.2) is 30.9 Å². The summed E-state index contributed by atoms with van der Waals surface area (Å²) < 4.78 is 11.2. The molecule has 1 heterocycles. The van der Waals surface area contributed by atoms with Crippen LogP contribution in [-0.2, 0) is 17.7 Å². The van der Waals surface area contributed by atoms with Gasteiger partial charge in [0.05, 0.1) is 20.3 Å². The lowest BCUT2D eigenvalue weighted by Crippen LogP contribution is -2.34. The average Bonchev–Trinajstić information content (AvgIpc) is 2.72. The second-order valence-corrected chi connectivity index (χ2v) is 6.58. The van der Waals surface area contributed by atoms with Crippen LogP contribution in [0.2, 0.25) is 0 Å². The molecular formula is C19H30N2O2. The average molecular weight is 318 g/mol. The van der Waals surface area contributed by atoms with E-state index in [0.29, 0.717) is 5.92 Å².